The van der Waals surface area contributed by atoms with Crippen molar-refractivity contribution in [2.24, 2.45) is 4.99 Å². The van der Waals surface area contributed by atoms with E-state index in [2.05, 4.69) is 36.9 Å². The van der Waals surface area contributed by atoms with Gasteiger partial charge in [-0.3, -0.25) is 10.1 Å². The van der Waals surface area contributed by atoms with Crippen molar-refractivity contribution in [3.8, 4) is 5.75 Å². The van der Waals surface area contributed by atoms with Crippen LogP contribution in [0.25, 0.3) is 12.2 Å². The smallest absolute Gasteiger partial charge is 0.363 e. The van der Waals surface area contributed by atoms with Gasteiger partial charge in [-0.25, -0.2) is 14.6 Å². The summed E-state index contributed by atoms with van der Waals surface area (Å²) >= 11 is 18.9. The fraction of sp³-hybridized carbons (Fsp3) is 0. The van der Waals surface area contributed by atoms with Crippen LogP contribution in [-0.2, 0) is 14.3 Å². The average Bonchev–Trinajstić information content (AvgIpc) is 3.19. The number of esters is 2. The molecular weight excluding hydrogens is 655 g/mol. The molecule has 0 unspecified atom stereocenters. The van der Waals surface area contributed by atoms with Crippen molar-refractivity contribution in [3.05, 3.63) is 112 Å². The molecule has 1 heterocycles. The summed E-state index contributed by atoms with van der Waals surface area (Å²) in [6, 6.07) is 13.6. The Labute approximate surface area is 236 Å². The van der Waals surface area contributed by atoms with E-state index in [-0.39, 0.29) is 28.1 Å². The highest BCUT2D eigenvalue weighted by Crippen LogP contribution is 2.36. The van der Waals surface area contributed by atoms with E-state index in [1.54, 1.807) is 24.3 Å². The number of rotatable bonds is 6. The Morgan fingerprint density at radius 3 is 2.49 bits per heavy atom. The summed E-state index contributed by atoms with van der Waals surface area (Å²) in [7, 11) is 0. The quantitative estimate of drug-likeness (QED) is 0.0893. The van der Waals surface area contributed by atoms with Crippen molar-refractivity contribution in [2.45, 2.75) is 0 Å². The first kappa shape index (κ1) is 26.7. The number of halogens is 4. The Morgan fingerprint density at radius 1 is 1.08 bits per heavy atom. The Morgan fingerprint density at radius 2 is 1.81 bits per heavy atom. The van der Waals surface area contributed by atoms with E-state index in [1.165, 1.54) is 48.6 Å². The number of cyclic esters (lactones) is 1. The summed E-state index contributed by atoms with van der Waals surface area (Å²) in [4.78, 5) is 39.6. The average molecular weight is 667 g/mol. The van der Waals surface area contributed by atoms with Crippen molar-refractivity contribution < 1.29 is 24.0 Å². The molecule has 37 heavy (non-hydrogen) atoms. The van der Waals surface area contributed by atoms with Crippen LogP contribution in [0.2, 0.25) is 10.0 Å². The van der Waals surface area contributed by atoms with Gasteiger partial charge in [-0.05, 0) is 76.1 Å². The number of nitrogens with zero attached hydrogens (tertiary/aromatic N) is 2. The third-order valence-corrected chi connectivity index (χ3v) is 6.42. The van der Waals surface area contributed by atoms with Crippen LogP contribution in [0.4, 0.5) is 5.69 Å². The monoisotopic (exact) mass is 664 g/mol. The van der Waals surface area contributed by atoms with Crippen LogP contribution in [0, 0.1) is 10.1 Å². The fourth-order valence-electron chi connectivity index (χ4n) is 3.14. The van der Waals surface area contributed by atoms with Gasteiger partial charge in [-0.1, -0.05) is 39.1 Å². The highest BCUT2D eigenvalue weighted by molar-refractivity contribution is 9.11. The van der Waals surface area contributed by atoms with Gasteiger partial charge in [-0.2, -0.15) is 0 Å². The van der Waals surface area contributed by atoms with E-state index in [1.807, 2.05) is 0 Å². The molecule has 0 aliphatic carbocycles. The highest BCUT2D eigenvalue weighted by atomic mass is 79.9. The molecule has 3 aromatic carbocycles. The van der Waals surface area contributed by atoms with Gasteiger partial charge in [-0.15, -0.1) is 0 Å². The standard InChI is InChI=1S/C25H12Br2Cl2N2O6/c26-15-9-14(10-21-25(33)37-24(30-21)18-7-4-16(28)12-20(18)29)23(19(27)11-15)36-22(32)8-3-13-1-5-17(6-2-13)31(34)35/h1-12H/b8-3+,21-10-. The van der Waals surface area contributed by atoms with Gasteiger partial charge >= 0.3 is 11.9 Å². The third kappa shape index (κ3) is 6.53. The van der Waals surface area contributed by atoms with Gasteiger partial charge in [0.1, 0.15) is 0 Å². The normalized spacial score (nSPS) is 14.1. The predicted molar refractivity (Wildman–Crippen MR) is 147 cm³/mol. The number of ether oxygens (including phenoxy) is 2. The highest BCUT2D eigenvalue weighted by Gasteiger charge is 2.26. The zero-order valence-electron chi connectivity index (χ0n) is 18.3. The molecular formula is C25H12Br2Cl2N2O6. The lowest BCUT2D eigenvalue weighted by atomic mass is 10.1. The largest absolute Gasteiger partial charge is 0.422 e. The van der Waals surface area contributed by atoms with Gasteiger partial charge in [0.2, 0.25) is 5.90 Å². The maximum atomic E-state index is 12.5. The molecule has 12 heteroatoms. The van der Waals surface area contributed by atoms with Gasteiger partial charge in [0.05, 0.1) is 20.0 Å². The van der Waals surface area contributed by atoms with Crippen molar-refractivity contribution in [3.63, 3.8) is 0 Å². The number of aliphatic imine (C=N–C) groups is 1. The molecule has 186 valence electrons. The van der Waals surface area contributed by atoms with Crippen LogP contribution in [0.3, 0.4) is 0 Å². The Bertz CT molecular complexity index is 1530. The number of hydrogen-bond donors (Lipinski definition) is 0. The summed E-state index contributed by atoms with van der Waals surface area (Å²) in [6.45, 7) is 0. The summed E-state index contributed by atoms with van der Waals surface area (Å²) in [6.07, 6.45) is 4.05. The van der Waals surface area contributed by atoms with Crippen LogP contribution >= 0.6 is 55.1 Å². The molecule has 0 aromatic heterocycles. The zero-order chi connectivity index (χ0) is 26.7. The molecule has 0 fully saturated rings. The van der Waals surface area contributed by atoms with E-state index in [9.17, 15) is 19.7 Å². The van der Waals surface area contributed by atoms with Gasteiger partial charge in [0, 0.05) is 33.3 Å². The van der Waals surface area contributed by atoms with E-state index < -0.39 is 16.9 Å². The molecule has 0 saturated carbocycles. The first-order chi connectivity index (χ1) is 17.6. The van der Waals surface area contributed by atoms with Gasteiger partial charge < -0.3 is 9.47 Å². The minimum Gasteiger partial charge on any atom is -0.422 e. The second-order valence-electron chi connectivity index (χ2n) is 7.37. The van der Waals surface area contributed by atoms with Crippen LogP contribution in [-0.4, -0.2) is 22.8 Å². The van der Waals surface area contributed by atoms with E-state index >= 15 is 0 Å². The maximum Gasteiger partial charge on any atom is 0.363 e. The second kappa shape index (κ2) is 11.4. The molecule has 0 atom stereocenters. The minimum absolute atomic E-state index is 0.0107. The fourth-order valence-corrected chi connectivity index (χ4v) is 4.96. The molecule has 0 N–H and O–H groups in total. The van der Waals surface area contributed by atoms with E-state index in [0.29, 0.717) is 30.7 Å². The van der Waals surface area contributed by atoms with Gasteiger partial charge in [0.15, 0.2) is 11.4 Å². The Kier molecular flexibility index (Phi) is 8.23. The van der Waals surface area contributed by atoms with Crippen molar-refractivity contribution in [1.82, 2.24) is 0 Å². The summed E-state index contributed by atoms with van der Waals surface area (Å²) in [5.41, 5.74) is 1.21. The zero-order valence-corrected chi connectivity index (χ0v) is 23.0. The molecule has 0 saturated heterocycles. The SMILES string of the molecule is O=C(/C=C/c1ccc([N+](=O)[O-])cc1)Oc1c(Br)cc(Br)cc1/C=C1\N=C(c2ccc(Cl)cc2Cl)OC1=O. The molecule has 4 rings (SSSR count). The second-order valence-corrected chi connectivity index (χ2v) is 9.98. The topological polar surface area (TPSA) is 108 Å². The lowest BCUT2D eigenvalue weighted by molar-refractivity contribution is -0.384. The van der Waals surface area contributed by atoms with E-state index in [4.69, 9.17) is 32.7 Å². The maximum absolute atomic E-state index is 12.5. The van der Waals surface area contributed by atoms with Crippen molar-refractivity contribution >= 4 is 90.7 Å². The number of hydrogen-bond acceptors (Lipinski definition) is 7. The molecule has 0 amide bonds. The predicted octanol–water partition coefficient (Wildman–Crippen LogP) is 7.39. The van der Waals surface area contributed by atoms with E-state index in [0.717, 1.165) is 0 Å². The molecule has 1 aliphatic rings. The first-order valence-corrected chi connectivity index (χ1v) is 12.6. The number of nitro groups is 1. The molecule has 0 spiro atoms. The number of non-ortho nitro benzene ring substituents is 1. The van der Waals surface area contributed by atoms with Crippen molar-refractivity contribution in [2.75, 3.05) is 0 Å². The molecule has 3 aromatic rings. The number of carbonyl (C=O) groups is 2. The molecule has 0 bridgehead atoms. The summed E-state index contributed by atoms with van der Waals surface area (Å²) < 4.78 is 11.9. The minimum atomic E-state index is -0.716. The lowest BCUT2D eigenvalue weighted by Crippen LogP contribution is -2.07. The van der Waals surface area contributed by atoms with Crippen molar-refractivity contribution in [1.29, 1.82) is 0 Å². The van der Waals surface area contributed by atoms with Crippen LogP contribution < -0.4 is 4.74 Å². The number of nitro benzene ring substituents is 1. The Hall–Kier alpha value is -3.31. The molecule has 0 radical (unpaired) electrons. The summed E-state index contributed by atoms with van der Waals surface area (Å²) in [5, 5.41) is 11.5. The third-order valence-electron chi connectivity index (χ3n) is 4.83. The van der Waals surface area contributed by atoms with Crippen LogP contribution in [0.1, 0.15) is 16.7 Å². The van der Waals surface area contributed by atoms with Gasteiger partial charge in [0.25, 0.3) is 5.69 Å². The van der Waals surface area contributed by atoms with Crippen LogP contribution in [0.5, 0.6) is 5.75 Å². The number of benzene rings is 3. The molecule has 1 aliphatic heterocycles. The lowest BCUT2D eigenvalue weighted by Gasteiger charge is -2.09. The molecule has 8 nitrogen and oxygen atoms in total. The first-order valence-electron chi connectivity index (χ1n) is 10.2. The number of carbonyl (C=O) groups excluding carboxylic acids is 2. The summed E-state index contributed by atoms with van der Waals surface area (Å²) in [5.74, 6) is -1.29. The Balaban J connectivity index is 1.61. The van der Waals surface area contributed by atoms with Crippen LogP contribution in [0.15, 0.2) is 80.3 Å².